The summed E-state index contributed by atoms with van der Waals surface area (Å²) < 4.78 is 36.9. The van der Waals surface area contributed by atoms with E-state index in [1.54, 1.807) is 0 Å². The molecule has 78 valence electrons. The number of allylic oxidation sites excluding steroid dienone is 2. The number of halogens is 3. The van der Waals surface area contributed by atoms with Gasteiger partial charge in [0.15, 0.2) is 0 Å². The van der Waals surface area contributed by atoms with Gasteiger partial charge in [0, 0.05) is 16.9 Å². The van der Waals surface area contributed by atoms with Gasteiger partial charge in [-0.1, -0.05) is 6.08 Å². The minimum atomic E-state index is -4.47. The Morgan fingerprint density at radius 1 is 1.57 bits per heavy atom. The third-order valence-electron chi connectivity index (χ3n) is 2.07. The molecule has 0 aliphatic heterocycles. The number of nitrogens with zero attached hydrogens (tertiary/aromatic N) is 1. The van der Waals surface area contributed by atoms with Crippen LogP contribution in [0.15, 0.2) is 23.3 Å². The summed E-state index contributed by atoms with van der Waals surface area (Å²) in [6.45, 7) is 1.30. The van der Waals surface area contributed by atoms with Crippen LogP contribution in [0.4, 0.5) is 13.2 Å². The van der Waals surface area contributed by atoms with Crippen LogP contribution < -0.4 is 0 Å². The van der Waals surface area contributed by atoms with Crippen LogP contribution in [0.3, 0.4) is 0 Å². The summed E-state index contributed by atoms with van der Waals surface area (Å²) in [5.74, 6) is 0. The number of rotatable bonds is 1. The van der Waals surface area contributed by atoms with E-state index in [1.165, 1.54) is 13.0 Å². The Balaban J connectivity index is 2.95. The van der Waals surface area contributed by atoms with Gasteiger partial charge >= 0.3 is 6.18 Å². The molecular weight excluding hydrogens is 199 g/mol. The van der Waals surface area contributed by atoms with E-state index in [-0.39, 0.29) is 5.57 Å². The molecule has 0 fully saturated rings. The van der Waals surface area contributed by atoms with Crippen LogP contribution in [0.2, 0.25) is 0 Å². The smallest absolute Gasteiger partial charge is 0.264 e. The maximum Gasteiger partial charge on any atom is 0.413 e. The van der Waals surface area contributed by atoms with Gasteiger partial charge < -0.3 is 0 Å². The van der Waals surface area contributed by atoms with Crippen molar-refractivity contribution >= 4 is 0 Å². The van der Waals surface area contributed by atoms with Crippen molar-refractivity contribution in [2.75, 3.05) is 0 Å². The third-order valence-corrected chi connectivity index (χ3v) is 2.07. The highest BCUT2D eigenvalue weighted by Gasteiger charge is 2.39. The summed E-state index contributed by atoms with van der Waals surface area (Å²) >= 11 is 0. The lowest BCUT2D eigenvalue weighted by Gasteiger charge is -2.18. The van der Waals surface area contributed by atoms with E-state index >= 15 is 0 Å². The van der Waals surface area contributed by atoms with Crippen LogP contribution in [-0.4, -0.2) is 17.1 Å². The molecule has 1 aliphatic carbocycles. The van der Waals surface area contributed by atoms with Crippen molar-refractivity contribution in [3.63, 3.8) is 0 Å². The fraction of sp³-hybridized carbons (Fsp3) is 0.500. The first-order chi connectivity index (χ1) is 6.32. The minimum absolute atomic E-state index is 0.0515. The quantitative estimate of drug-likeness (QED) is 0.489. The highest BCUT2D eigenvalue weighted by atomic mass is 19.4. The predicted octanol–water partition coefficient (Wildman–Crippen LogP) is 2.47. The number of hydrogen-bond donors (Lipinski definition) is 0. The molecule has 0 aromatic carbocycles. The van der Waals surface area contributed by atoms with Gasteiger partial charge in [-0.15, -0.1) is 0 Å². The van der Waals surface area contributed by atoms with Gasteiger partial charge in [-0.05, 0) is 18.6 Å². The van der Waals surface area contributed by atoms with Crippen LogP contribution in [-0.2, 0) is 0 Å². The molecule has 0 saturated heterocycles. The van der Waals surface area contributed by atoms with E-state index in [0.29, 0.717) is 0 Å². The molecule has 14 heavy (non-hydrogen) atoms. The van der Waals surface area contributed by atoms with Gasteiger partial charge in [-0.3, -0.25) is 10.1 Å². The molecule has 1 rings (SSSR count). The molecular formula is C8H8F3NO2. The lowest BCUT2D eigenvalue weighted by Crippen LogP contribution is -2.26. The second kappa shape index (κ2) is 3.43. The normalized spacial score (nSPS) is 22.7. The zero-order valence-electron chi connectivity index (χ0n) is 7.34. The van der Waals surface area contributed by atoms with Crippen LogP contribution in [0.5, 0.6) is 0 Å². The fourth-order valence-electron chi connectivity index (χ4n) is 1.28. The first-order valence-corrected chi connectivity index (χ1v) is 3.91. The first kappa shape index (κ1) is 10.7. The molecule has 0 bridgehead atoms. The SMILES string of the molecule is CC1=C(C(F)(F)F)CC([N+](=O)[O-])C=C1. The lowest BCUT2D eigenvalue weighted by atomic mass is 9.95. The van der Waals surface area contributed by atoms with Gasteiger partial charge in [-0.25, -0.2) is 0 Å². The molecule has 0 aromatic rings. The van der Waals surface area contributed by atoms with Crippen molar-refractivity contribution in [2.45, 2.75) is 25.6 Å². The van der Waals surface area contributed by atoms with E-state index in [1.807, 2.05) is 0 Å². The molecule has 1 atom stereocenters. The molecule has 0 spiro atoms. The summed E-state index contributed by atoms with van der Waals surface area (Å²) in [7, 11) is 0. The van der Waals surface area contributed by atoms with Gasteiger partial charge in [0.2, 0.25) is 6.04 Å². The molecule has 3 nitrogen and oxygen atoms in total. The highest BCUT2D eigenvalue weighted by molar-refractivity contribution is 5.32. The summed E-state index contributed by atoms with van der Waals surface area (Å²) in [5.41, 5.74) is -0.753. The Labute approximate surface area is 78.1 Å². The number of alkyl halides is 3. The van der Waals surface area contributed by atoms with Gasteiger partial charge in [0.05, 0.1) is 0 Å². The Morgan fingerprint density at radius 2 is 2.14 bits per heavy atom. The standard InChI is InChI=1S/C8H8F3NO2/c1-5-2-3-6(12(13)14)4-7(5)8(9,10)11/h2-3,6H,4H2,1H3. The topological polar surface area (TPSA) is 43.1 Å². The van der Waals surface area contributed by atoms with E-state index in [9.17, 15) is 23.3 Å². The zero-order valence-corrected chi connectivity index (χ0v) is 7.34. The van der Waals surface area contributed by atoms with Crippen molar-refractivity contribution in [1.82, 2.24) is 0 Å². The van der Waals surface area contributed by atoms with Crippen molar-refractivity contribution in [1.29, 1.82) is 0 Å². The molecule has 6 heteroatoms. The average Bonchev–Trinajstić information content (AvgIpc) is 2.02. The summed E-state index contributed by atoms with van der Waals surface area (Å²) in [6.07, 6.45) is -2.70. The second-order valence-electron chi connectivity index (χ2n) is 3.08. The molecule has 0 aromatic heterocycles. The first-order valence-electron chi connectivity index (χ1n) is 3.91. The van der Waals surface area contributed by atoms with E-state index < -0.39 is 29.1 Å². The Hall–Kier alpha value is -1.33. The Bertz CT molecular complexity index is 317. The van der Waals surface area contributed by atoms with Crippen molar-refractivity contribution in [2.24, 2.45) is 0 Å². The van der Waals surface area contributed by atoms with Crippen LogP contribution >= 0.6 is 0 Å². The summed E-state index contributed by atoms with van der Waals surface area (Å²) in [6, 6.07) is -1.25. The van der Waals surface area contributed by atoms with Crippen molar-refractivity contribution in [3.05, 3.63) is 33.4 Å². The maximum absolute atomic E-state index is 12.3. The summed E-state index contributed by atoms with van der Waals surface area (Å²) in [4.78, 5) is 9.58. The number of hydrogen-bond acceptors (Lipinski definition) is 2. The van der Waals surface area contributed by atoms with Gasteiger partial charge in [-0.2, -0.15) is 13.2 Å². The van der Waals surface area contributed by atoms with Crippen LogP contribution in [0.1, 0.15) is 13.3 Å². The maximum atomic E-state index is 12.3. The molecule has 0 N–H and O–H groups in total. The van der Waals surface area contributed by atoms with Crippen molar-refractivity contribution < 1.29 is 18.1 Å². The van der Waals surface area contributed by atoms with Gasteiger partial charge in [0.25, 0.3) is 0 Å². The largest absolute Gasteiger partial charge is 0.413 e. The highest BCUT2D eigenvalue weighted by Crippen LogP contribution is 2.34. The summed E-state index contributed by atoms with van der Waals surface area (Å²) in [5, 5.41) is 10.3. The van der Waals surface area contributed by atoms with E-state index in [4.69, 9.17) is 0 Å². The molecule has 0 amide bonds. The van der Waals surface area contributed by atoms with E-state index in [0.717, 1.165) is 6.08 Å². The molecule has 1 aliphatic rings. The minimum Gasteiger partial charge on any atom is -0.264 e. The fourth-order valence-corrected chi connectivity index (χ4v) is 1.28. The zero-order chi connectivity index (χ0) is 10.9. The van der Waals surface area contributed by atoms with E-state index in [2.05, 4.69) is 0 Å². The van der Waals surface area contributed by atoms with Crippen molar-refractivity contribution in [3.8, 4) is 0 Å². The Kier molecular flexibility index (Phi) is 2.64. The van der Waals surface area contributed by atoms with Gasteiger partial charge in [0.1, 0.15) is 0 Å². The van der Waals surface area contributed by atoms with Crippen LogP contribution in [0, 0.1) is 10.1 Å². The Morgan fingerprint density at radius 3 is 2.57 bits per heavy atom. The number of nitro groups is 1. The molecule has 1 unspecified atom stereocenters. The predicted molar refractivity (Wildman–Crippen MR) is 43.3 cm³/mol. The molecule has 0 heterocycles. The lowest BCUT2D eigenvalue weighted by molar-refractivity contribution is -0.509. The average molecular weight is 207 g/mol. The second-order valence-corrected chi connectivity index (χ2v) is 3.08. The molecule has 0 radical (unpaired) electrons. The molecule has 0 saturated carbocycles. The van der Waals surface area contributed by atoms with Crippen LogP contribution in [0.25, 0.3) is 0 Å². The third kappa shape index (κ3) is 2.12. The monoisotopic (exact) mass is 207 g/mol.